The molecule has 1 aromatic rings. The Kier molecular flexibility index (Phi) is 5.09. The second-order valence-electron chi connectivity index (χ2n) is 2.64. The van der Waals surface area contributed by atoms with Crippen LogP contribution in [0.3, 0.4) is 0 Å². The van der Waals surface area contributed by atoms with Crippen molar-refractivity contribution in [2.24, 2.45) is 0 Å². The normalized spacial score (nSPS) is 10.2. The van der Waals surface area contributed by atoms with E-state index in [9.17, 15) is 0 Å². The number of rotatable bonds is 5. The first-order valence-corrected chi connectivity index (χ1v) is 5.24. The summed E-state index contributed by atoms with van der Waals surface area (Å²) in [7, 11) is 0. The third-order valence-electron chi connectivity index (χ3n) is 1.67. The Morgan fingerprint density at radius 1 is 1.36 bits per heavy atom. The Hall–Kier alpha value is -0.440. The highest BCUT2D eigenvalue weighted by molar-refractivity contribution is 6.30. The van der Waals surface area contributed by atoms with Gasteiger partial charge in [0.1, 0.15) is 5.75 Å². The van der Waals surface area contributed by atoms with Crippen molar-refractivity contribution in [3.8, 4) is 5.75 Å². The van der Waals surface area contributed by atoms with Crippen LogP contribution in [0, 0.1) is 0 Å². The average molecular weight is 235 g/mol. The lowest BCUT2D eigenvalue weighted by atomic mass is 10.2. The number of hydrogen-bond acceptors (Lipinski definition) is 2. The Labute approximate surface area is 93.7 Å². The molecule has 0 radical (unpaired) electrons. The molecule has 0 saturated carbocycles. The second kappa shape index (κ2) is 6.12. The first-order valence-electron chi connectivity index (χ1n) is 4.33. The van der Waals surface area contributed by atoms with E-state index in [-0.39, 0.29) is 6.79 Å². The molecular formula is C10H12Cl2O2. The lowest BCUT2D eigenvalue weighted by Gasteiger charge is -2.09. The van der Waals surface area contributed by atoms with E-state index in [2.05, 4.69) is 0 Å². The Bertz CT molecular complexity index is 289. The van der Waals surface area contributed by atoms with E-state index in [1.165, 1.54) is 0 Å². The van der Waals surface area contributed by atoms with Gasteiger partial charge in [-0.25, -0.2) is 0 Å². The smallest absolute Gasteiger partial charge is 0.189 e. The van der Waals surface area contributed by atoms with E-state index in [1.54, 1.807) is 18.2 Å². The maximum absolute atomic E-state index is 5.81. The molecule has 0 aliphatic heterocycles. The monoisotopic (exact) mass is 234 g/mol. The number of benzene rings is 1. The molecule has 0 spiro atoms. The van der Waals surface area contributed by atoms with Crippen molar-refractivity contribution in [1.82, 2.24) is 0 Å². The van der Waals surface area contributed by atoms with Crippen LogP contribution in [-0.2, 0) is 10.6 Å². The maximum Gasteiger partial charge on any atom is 0.189 e. The molecule has 0 heterocycles. The number of halogens is 2. The van der Waals surface area contributed by atoms with E-state index >= 15 is 0 Å². The first kappa shape index (κ1) is 11.6. The van der Waals surface area contributed by atoms with Crippen LogP contribution in [-0.4, -0.2) is 13.4 Å². The summed E-state index contributed by atoms with van der Waals surface area (Å²) in [5, 5.41) is 0.657. The van der Waals surface area contributed by atoms with E-state index in [4.69, 9.17) is 32.7 Å². The summed E-state index contributed by atoms with van der Waals surface area (Å²) in [5.74, 6) is 1.10. The highest BCUT2D eigenvalue weighted by Gasteiger charge is 2.03. The van der Waals surface area contributed by atoms with Crippen LogP contribution in [0.15, 0.2) is 18.2 Å². The molecule has 0 N–H and O–H groups in total. The molecule has 0 amide bonds. The van der Waals surface area contributed by atoms with Crippen molar-refractivity contribution in [3.63, 3.8) is 0 Å². The van der Waals surface area contributed by atoms with Crippen molar-refractivity contribution in [2.45, 2.75) is 12.8 Å². The summed E-state index contributed by atoms with van der Waals surface area (Å²) < 4.78 is 10.4. The summed E-state index contributed by atoms with van der Waals surface area (Å²) in [6.45, 7) is 2.78. The zero-order valence-corrected chi connectivity index (χ0v) is 9.44. The fourth-order valence-electron chi connectivity index (χ4n) is 0.982. The van der Waals surface area contributed by atoms with E-state index in [0.717, 1.165) is 11.3 Å². The van der Waals surface area contributed by atoms with Crippen LogP contribution in [0.1, 0.15) is 12.5 Å². The summed E-state index contributed by atoms with van der Waals surface area (Å²) in [6.07, 6.45) is 0. The van der Waals surface area contributed by atoms with Crippen molar-refractivity contribution < 1.29 is 9.47 Å². The summed E-state index contributed by atoms with van der Waals surface area (Å²) in [6, 6.07) is 5.34. The van der Waals surface area contributed by atoms with Gasteiger partial charge in [-0.15, -0.1) is 11.6 Å². The minimum Gasteiger partial charge on any atom is -0.467 e. The van der Waals surface area contributed by atoms with Crippen LogP contribution in [0.2, 0.25) is 5.02 Å². The molecule has 14 heavy (non-hydrogen) atoms. The molecule has 0 aromatic heterocycles. The maximum atomic E-state index is 5.81. The fourth-order valence-corrected chi connectivity index (χ4v) is 1.39. The van der Waals surface area contributed by atoms with Crippen molar-refractivity contribution in [3.05, 3.63) is 28.8 Å². The van der Waals surface area contributed by atoms with Crippen LogP contribution >= 0.6 is 23.2 Å². The Morgan fingerprint density at radius 3 is 2.79 bits per heavy atom. The van der Waals surface area contributed by atoms with Crippen LogP contribution in [0.4, 0.5) is 0 Å². The van der Waals surface area contributed by atoms with Crippen LogP contribution in [0.5, 0.6) is 5.75 Å². The number of ether oxygens (including phenoxy) is 2. The van der Waals surface area contributed by atoms with Crippen LogP contribution in [0.25, 0.3) is 0 Å². The molecule has 0 saturated heterocycles. The summed E-state index contributed by atoms with van der Waals surface area (Å²) in [5.41, 5.74) is 0.874. The van der Waals surface area contributed by atoms with Gasteiger partial charge in [-0.2, -0.15) is 0 Å². The molecule has 0 bridgehead atoms. The average Bonchev–Trinajstić information content (AvgIpc) is 2.20. The molecule has 0 fully saturated rings. The van der Waals surface area contributed by atoms with Gasteiger partial charge in [0.25, 0.3) is 0 Å². The minimum atomic E-state index is 0.238. The summed E-state index contributed by atoms with van der Waals surface area (Å²) >= 11 is 11.5. The van der Waals surface area contributed by atoms with Gasteiger partial charge in [-0.05, 0) is 25.1 Å². The van der Waals surface area contributed by atoms with Gasteiger partial charge >= 0.3 is 0 Å². The first-order chi connectivity index (χ1) is 6.77. The highest BCUT2D eigenvalue weighted by Crippen LogP contribution is 2.24. The molecular weight excluding hydrogens is 223 g/mol. The van der Waals surface area contributed by atoms with Crippen LogP contribution < -0.4 is 4.74 Å². The predicted octanol–water partition coefficient (Wildman–Crippen LogP) is 3.45. The van der Waals surface area contributed by atoms with Gasteiger partial charge in [0.05, 0.1) is 5.88 Å². The lowest BCUT2D eigenvalue weighted by Crippen LogP contribution is -2.03. The number of hydrogen-bond donors (Lipinski definition) is 0. The molecule has 4 heteroatoms. The molecule has 2 nitrogen and oxygen atoms in total. The Morgan fingerprint density at radius 2 is 2.14 bits per heavy atom. The molecule has 0 unspecified atom stereocenters. The predicted molar refractivity (Wildman–Crippen MR) is 58.1 cm³/mol. The SMILES string of the molecule is CCOCOc1ccc(Cl)cc1CCl. The Balaban J connectivity index is 2.65. The van der Waals surface area contributed by atoms with Gasteiger partial charge < -0.3 is 9.47 Å². The fraction of sp³-hybridized carbons (Fsp3) is 0.400. The molecule has 1 rings (SSSR count). The van der Waals surface area contributed by atoms with Gasteiger partial charge in [0.2, 0.25) is 0 Å². The van der Waals surface area contributed by atoms with E-state index in [0.29, 0.717) is 17.5 Å². The summed E-state index contributed by atoms with van der Waals surface area (Å²) in [4.78, 5) is 0. The van der Waals surface area contributed by atoms with Gasteiger partial charge in [-0.1, -0.05) is 11.6 Å². The minimum absolute atomic E-state index is 0.238. The molecule has 78 valence electrons. The largest absolute Gasteiger partial charge is 0.467 e. The zero-order valence-electron chi connectivity index (χ0n) is 7.93. The topological polar surface area (TPSA) is 18.5 Å². The molecule has 1 aromatic carbocycles. The van der Waals surface area contributed by atoms with Gasteiger partial charge in [-0.3, -0.25) is 0 Å². The molecule has 0 aliphatic rings. The molecule has 0 aliphatic carbocycles. The van der Waals surface area contributed by atoms with Crippen molar-refractivity contribution in [1.29, 1.82) is 0 Å². The quantitative estimate of drug-likeness (QED) is 0.442. The van der Waals surface area contributed by atoms with E-state index < -0.39 is 0 Å². The second-order valence-corrected chi connectivity index (χ2v) is 3.34. The third-order valence-corrected chi connectivity index (χ3v) is 2.19. The standard InChI is InChI=1S/C10H12Cl2O2/c1-2-13-7-14-10-4-3-9(12)5-8(10)6-11/h3-5H,2,6-7H2,1H3. The van der Waals surface area contributed by atoms with E-state index in [1.807, 2.05) is 6.92 Å². The zero-order chi connectivity index (χ0) is 10.4. The van der Waals surface area contributed by atoms with Gasteiger partial charge in [0.15, 0.2) is 6.79 Å². The lowest BCUT2D eigenvalue weighted by molar-refractivity contribution is 0.0219. The van der Waals surface area contributed by atoms with Crippen molar-refractivity contribution in [2.75, 3.05) is 13.4 Å². The number of alkyl halides is 1. The third kappa shape index (κ3) is 3.37. The highest BCUT2D eigenvalue weighted by atomic mass is 35.5. The van der Waals surface area contributed by atoms with Gasteiger partial charge in [0, 0.05) is 17.2 Å². The molecule has 0 atom stereocenters. The van der Waals surface area contributed by atoms with Crippen molar-refractivity contribution >= 4 is 23.2 Å².